The largest absolute Gasteiger partial charge is 0.474 e. The molecule has 2 aliphatic rings. The second kappa shape index (κ2) is 9.15. The van der Waals surface area contributed by atoms with Crippen LogP contribution in [0.15, 0.2) is 6.33 Å². The van der Waals surface area contributed by atoms with Crippen molar-refractivity contribution in [3.8, 4) is 5.88 Å². The van der Waals surface area contributed by atoms with Crippen LogP contribution in [0.5, 0.6) is 5.88 Å². The molecule has 0 aliphatic carbocycles. The number of hydrogen-bond donors (Lipinski definition) is 0. The van der Waals surface area contributed by atoms with Crippen molar-refractivity contribution >= 4 is 21.9 Å². The van der Waals surface area contributed by atoms with E-state index in [1.54, 1.807) is 4.90 Å². The second-order valence-electron chi connectivity index (χ2n) is 9.06. The van der Waals surface area contributed by atoms with Gasteiger partial charge in [-0.25, -0.2) is 23.2 Å². The molecule has 0 spiro atoms. The fourth-order valence-electron chi connectivity index (χ4n) is 3.74. The molecule has 11 heteroatoms. The third-order valence-corrected chi connectivity index (χ3v) is 6.69. The summed E-state index contributed by atoms with van der Waals surface area (Å²) in [5.41, 5.74) is 0.330. The normalized spacial score (nSPS) is 19.4. The molecule has 10 nitrogen and oxygen atoms in total. The Labute approximate surface area is 184 Å². The maximum absolute atomic E-state index is 12.2. The predicted octanol–water partition coefficient (Wildman–Crippen LogP) is 1.64. The molecule has 3 rings (SSSR count). The van der Waals surface area contributed by atoms with Crippen molar-refractivity contribution in [1.29, 1.82) is 0 Å². The van der Waals surface area contributed by atoms with Crippen molar-refractivity contribution in [2.24, 2.45) is 0 Å². The molecule has 2 aliphatic heterocycles. The topological polar surface area (TPSA) is 105 Å². The number of amides is 1. The number of sulfonamides is 1. The van der Waals surface area contributed by atoms with Crippen LogP contribution in [0.25, 0.3) is 0 Å². The summed E-state index contributed by atoms with van der Waals surface area (Å²) in [5.74, 6) is 1.30. The van der Waals surface area contributed by atoms with Crippen LogP contribution in [0.1, 0.15) is 39.2 Å². The number of aromatic nitrogens is 2. The summed E-state index contributed by atoms with van der Waals surface area (Å²) >= 11 is 0. The minimum atomic E-state index is -3.18. The summed E-state index contributed by atoms with van der Waals surface area (Å²) in [7, 11) is -3.18. The van der Waals surface area contributed by atoms with Gasteiger partial charge in [0.05, 0.1) is 11.8 Å². The number of nitrogens with zero attached hydrogens (tertiary/aromatic N) is 5. The molecule has 0 atom stereocenters. The number of piperazine rings is 1. The summed E-state index contributed by atoms with van der Waals surface area (Å²) in [6.07, 6.45) is 3.78. The number of ether oxygens (including phenoxy) is 2. The van der Waals surface area contributed by atoms with Crippen LogP contribution in [0.3, 0.4) is 0 Å². The standard InChI is InChI=1S/C20H33N5O5S/c1-15-17(23-10-12-25(13-11-23)31(5,27)28)21-14-22-18(15)29-16-6-8-24(9-7-16)19(26)30-20(2,3)4/h14,16H,6-13H2,1-5H3. The van der Waals surface area contributed by atoms with E-state index in [-0.39, 0.29) is 12.2 Å². The summed E-state index contributed by atoms with van der Waals surface area (Å²) in [5, 5.41) is 0. The first kappa shape index (κ1) is 23.5. The lowest BCUT2D eigenvalue weighted by Crippen LogP contribution is -2.48. The zero-order valence-electron chi connectivity index (χ0n) is 19.0. The molecule has 0 bridgehead atoms. The van der Waals surface area contributed by atoms with E-state index >= 15 is 0 Å². The number of carbonyl (C=O) groups is 1. The van der Waals surface area contributed by atoms with Crippen LogP contribution in [0.4, 0.5) is 10.6 Å². The zero-order chi connectivity index (χ0) is 22.8. The lowest BCUT2D eigenvalue weighted by atomic mass is 10.1. The fraction of sp³-hybridized carbons (Fsp3) is 0.750. The number of hydrogen-bond acceptors (Lipinski definition) is 8. The molecule has 0 radical (unpaired) electrons. The van der Waals surface area contributed by atoms with Gasteiger partial charge in [0.1, 0.15) is 23.9 Å². The van der Waals surface area contributed by atoms with Crippen molar-refractivity contribution in [2.75, 3.05) is 50.4 Å². The third kappa shape index (κ3) is 6.19. The number of anilines is 1. The maximum atomic E-state index is 12.2. The average Bonchev–Trinajstić information content (AvgIpc) is 2.68. The van der Waals surface area contributed by atoms with E-state index in [2.05, 4.69) is 14.9 Å². The van der Waals surface area contributed by atoms with E-state index in [4.69, 9.17) is 9.47 Å². The first-order valence-electron chi connectivity index (χ1n) is 10.6. The van der Waals surface area contributed by atoms with E-state index in [0.29, 0.717) is 58.0 Å². The molecule has 1 amide bonds. The number of likely N-dealkylation sites (tertiary alicyclic amines) is 1. The van der Waals surface area contributed by atoms with Gasteiger partial charge in [0.15, 0.2) is 0 Å². The van der Waals surface area contributed by atoms with E-state index in [1.165, 1.54) is 16.9 Å². The number of piperidine rings is 1. The van der Waals surface area contributed by atoms with Gasteiger partial charge in [0.2, 0.25) is 15.9 Å². The van der Waals surface area contributed by atoms with Crippen LogP contribution in [0, 0.1) is 6.92 Å². The number of carbonyl (C=O) groups excluding carboxylic acids is 1. The zero-order valence-corrected chi connectivity index (χ0v) is 19.8. The Balaban J connectivity index is 1.57. The summed E-state index contributed by atoms with van der Waals surface area (Å²) in [4.78, 5) is 24.7. The van der Waals surface area contributed by atoms with Crippen LogP contribution >= 0.6 is 0 Å². The van der Waals surface area contributed by atoms with Gasteiger partial charge in [-0.2, -0.15) is 4.31 Å². The average molecular weight is 456 g/mol. The lowest BCUT2D eigenvalue weighted by molar-refractivity contribution is 0.0122. The van der Waals surface area contributed by atoms with Gasteiger partial charge in [-0.05, 0) is 27.7 Å². The Morgan fingerprint density at radius 2 is 1.68 bits per heavy atom. The molecule has 1 aromatic rings. The van der Waals surface area contributed by atoms with Gasteiger partial charge in [-0.3, -0.25) is 0 Å². The third-order valence-electron chi connectivity index (χ3n) is 5.39. The summed E-state index contributed by atoms with van der Waals surface area (Å²) in [6.45, 7) is 10.6. The smallest absolute Gasteiger partial charge is 0.410 e. The highest BCUT2D eigenvalue weighted by atomic mass is 32.2. The SMILES string of the molecule is Cc1c(OC2CCN(C(=O)OC(C)(C)C)CC2)ncnc1N1CCN(S(C)(=O)=O)CC1. The highest BCUT2D eigenvalue weighted by Crippen LogP contribution is 2.27. The molecular formula is C20H33N5O5S. The first-order chi connectivity index (χ1) is 14.4. The van der Waals surface area contributed by atoms with Gasteiger partial charge in [0, 0.05) is 52.1 Å². The fourth-order valence-corrected chi connectivity index (χ4v) is 4.56. The molecule has 174 valence electrons. The molecule has 2 fully saturated rings. The monoisotopic (exact) mass is 455 g/mol. The van der Waals surface area contributed by atoms with Crippen LogP contribution in [0.2, 0.25) is 0 Å². The Morgan fingerprint density at radius 3 is 2.23 bits per heavy atom. The quantitative estimate of drug-likeness (QED) is 0.675. The van der Waals surface area contributed by atoms with Gasteiger partial charge in [-0.15, -0.1) is 0 Å². The second-order valence-corrected chi connectivity index (χ2v) is 11.0. The first-order valence-corrected chi connectivity index (χ1v) is 12.4. The summed E-state index contributed by atoms with van der Waals surface area (Å²) in [6, 6.07) is 0. The van der Waals surface area contributed by atoms with Crippen molar-refractivity contribution in [2.45, 2.75) is 52.2 Å². The van der Waals surface area contributed by atoms with E-state index in [0.717, 1.165) is 11.4 Å². The Hall–Kier alpha value is -2.14. The molecule has 3 heterocycles. The minimum Gasteiger partial charge on any atom is -0.474 e. The highest BCUT2D eigenvalue weighted by Gasteiger charge is 2.29. The Morgan fingerprint density at radius 1 is 1.06 bits per heavy atom. The molecule has 0 unspecified atom stereocenters. The van der Waals surface area contributed by atoms with Crippen LogP contribution in [-0.2, 0) is 14.8 Å². The van der Waals surface area contributed by atoms with Crippen molar-refractivity contribution in [3.63, 3.8) is 0 Å². The molecule has 0 N–H and O–H groups in total. The molecule has 1 aromatic heterocycles. The van der Waals surface area contributed by atoms with Crippen LogP contribution < -0.4 is 9.64 Å². The molecule has 2 saturated heterocycles. The molecule has 0 saturated carbocycles. The maximum Gasteiger partial charge on any atom is 0.410 e. The van der Waals surface area contributed by atoms with Gasteiger partial charge < -0.3 is 19.3 Å². The molecular weight excluding hydrogens is 422 g/mol. The minimum absolute atomic E-state index is 0.0396. The van der Waals surface area contributed by atoms with E-state index < -0.39 is 15.6 Å². The van der Waals surface area contributed by atoms with Crippen molar-refractivity contribution < 1.29 is 22.7 Å². The van der Waals surface area contributed by atoms with E-state index in [9.17, 15) is 13.2 Å². The van der Waals surface area contributed by atoms with Crippen LogP contribution in [-0.4, -0.2) is 90.9 Å². The predicted molar refractivity (Wildman–Crippen MR) is 117 cm³/mol. The van der Waals surface area contributed by atoms with Crippen molar-refractivity contribution in [1.82, 2.24) is 19.2 Å². The van der Waals surface area contributed by atoms with Gasteiger partial charge in [0.25, 0.3) is 0 Å². The number of rotatable bonds is 4. The lowest BCUT2D eigenvalue weighted by Gasteiger charge is -2.35. The highest BCUT2D eigenvalue weighted by molar-refractivity contribution is 7.88. The Bertz CT molecular complexity index is 886. The van der Waals surface area contributed by atoms with E-state index in [1.807, 2.05) is 27.7 Å². The molecule has 31 heavy (non-hydrogen) atoms. The van der Waals surface area contributed by atoms with Crippen molar-refractivity contribution in [3.05, 3.63) is 11.9 Å². The molecule has 0 aromatic carbocycles. The van der Waals surface area contributed by atoms with Gasteiger partial charge in [-0.1, -0.05) is 0 Å². The van der Waals surface area contributed by atoms with Gasteiger partial charge >= 0.3 is 6.09 Å². The Kier molecular flexibility index (Phi) is 6.95. The summed E-state index contributed by atoms with van der Waals surface area (Å²) < 4.78 is 36.6.